The number of carbonyl (C=O) groups is 4. The number of carboxylic acid groups (broad SMARTS) is 2. The maximum Gasteiger partial charge on any atom is 0.335 e. The highest BCUT2D eigenvalue weighted by Gasteiger charge is 2.49. The first kappa shape index (κ1) is 22.5. The van der Waals surface area contributed by atoms with Gasteiger partial charge in [-0.25, -0.2) is 9.59 Å². The van der Waals surface area contributed by atoms with Crippen LogP contribution in [0.3, 0.4) is 0 Å². The van der Waals surface area contributed by atoms with Crippen molar-refractivity contribution in [1.82, 2.24) is 10.2 Å². The number of aliphatic hydroxyl groups is 2. The molecule has 5 N–H and O–H groups in total. The standard InChI is InChI=1S/C15H18N2O2.C4H6O6/c1-10(11-6-3-2-4-7-11)17-14(18)12-8-5-9-16-13(12)15(17)19;5-1(3(7)8)2(6)4(9)10/h2-4,6-7,10,12-13,16H,5,8-9H2,1H3;1-2,5-6H,(H,7,8)(H,9,10)/t10-,12+,13-;1-,2-/m00/s1. The van der Waals surface area contributed by atoms with E-state index in [9.17, 15) is 19.2 Å². The van der Waals surface area contributed by atoms with Crippen LogP contribution in [0.4, 0.5) is 0 Å². The zero-order valence-electron chi connectivity index (χ0n) is 15.8. The highest BCUT2D eigenvalue weighted by Crippen LogP contribution is 2.33. The van der Waals surface area contributed by atoms with E-state index in [0.717, 1.165) is 24.9 Å². The Morgan fingerprint density at radius 3 is 2.07 bits per heavy atom. The van der Waals surface area contributed by atoms with Crippen molar-refractivity contribution in [2.75, 3.05) is 6.54 Å². The van der Waals surface area contributed by atoms with Crippen molar-refractivity contribution >= 4 is 23.8 Å². The highest BCUT2D eigenvalue weighted by molar-refractivity contribution is 6.07. The SMILES string of the molecule is C[C@@H](c1ccccc1)N1C(=O)[C@H]2NCCC[C@H]2C1=O.O=C(O)[C@@H](O)[C@H](O)C(=O)O. The number of likely N-dealkylation sites (tertiary alicyclic amines) is 1. The molecule has 1 aromatic rings. The normalized spacial score (nSPS) is 24.0. The summed E-state index contributed by atoms with van der Waals surface area (Å²) in [5.41, 5.74) is 1.00. The number of amides is 2. The fourth-order valence-corrected chi connectivity index (χ4v) is 3.38. The minimum absolute atomic E-state index is 0.0152. The van der Waals surface area contributed by atoms with Gasteiger partial charge in [-0.2, -0.15) is 0 Å². The lowest BCUT2D eigenvalue weighted by molar-refractivity contribution is -0.165. The molecule has 158 valence electrons. The first-order valence-electron chi connectivity index (χ1n) is 9.13. The molecule has 29 heavy (non-hydrogen) atoms. The first-order chi connectivity index (χ1) is 13.7. The van der Waals surface area contributed by atoms with Gasteiger partial charge >= 0.3 is 11.9 Å². The Hall–Kier alpha value is -2.82. The lowest BCUT2D eigenvalue weighted by Crippen LogP contribution is -2.44. The van der Waals surface area contributed by atoms with Crippen molar-refractivity contribution in [2.24, 2.45) is 5.92 Å². The van der Waals surface area contributed by atoms with E-state index in [1.807, 2.05) is 37.3 Å². The molecule has 2 aliphatic heterocycles. The third-order valence-electron chi connectivity index (χ3n) is 4.99. The smallest absolute Gasteiger partial charge is 0.335 e. The zero-order valence-corrected chi connectivity index (χ0v) is 15.8. The molecule has 0 saturated carbocycles. The second-order valence-corrected chi connectivity index (χ2v) is 6.88. The molecule has 10 nitrogen and oxygen atoms in total. The number of hydrogen-bond donors (Lipinski definition) is 5. The van der Waals surface area contributed by atoms with Gasteiger partial charge in [-0.1, -0.05) is 30.3 Å². The van der Waals surface area contributed by atoms with Crippen molar-refractivity contribution in [3.8, 4) is 0 Å². The molecule has 0 aliphatic carbocycles. The van der Waals surface area contributed by atoms with Crippen molar-refractivity contribution in [3.63, 3.8) is 0 Å². The summed E-state index contributed by atoms with van der Waals surface area (Å²) < 4.78 is 0. The van der Waals surface area contributed by atoms with Crippen molar-refractivity contribution in [2.45, 2.75) is 44.1 Å². The van der Waals surface area contributed by atoms with Gasteiger partial charge in [-0.05, 0) is 31.9 Å². The second-order valence-electron chi connectivity index (χ2n) is 6.88. The van der Waals surface area contributed by atoms with Crippen LogP contribution in [-0.2, 0) is 19.2 Å². The zero-order chi connectivity index (χ0) is 21.7. The summed E-state index contributed by atoms with van der Waals surface area (Å²) in [6.45, 7) is 2.75. The average Bonchev–Trinajstić information content (AvgIpc) is 2.98. The third-order valence-corrected chi connectivity index (χ3v) is 4.99. The molecule has 0 radical (unpaired) electrons. The van der Waals surface area contributed by atoms with Crippen molar-refractivity contribution in [1.29, 1.82) is 0 Å². The maximum absolute atomic E-state index is 12.4. The molecule has 0 unspecified atom stereocenters. The number of rotatable bonds is 5. The number of nitrogens with zero attached hydrogens (tertiary/aromatic N) is 1. The van der Waals surface area contributed by atoms with Gasteiger partial charge in [0.2, 0.25) is 11.8 Å². The Kier molecular flexibility index (Phi) is 7.43. The van der Waals surface area contributed by atoms with Gasteiger partial charge in [0, 0.05) is 0 Å². The van der Waals surface area contributed by atoms with Crippen LogP contribution < -0.4 is 5.32 Å². The highest BCUT2D eigenvalue weighted by atomic mass is 16.4. The largest absolute Gasteiger partial charge is 0.479 e. The Labute approximate surface area is 166 Å². The van der Waals surface area contributed by atoms with Crippen LogP contribution in [0.5, 0.6) is 0 Å². The van der Waals surface area contributed by atoms with Gasteiger partial charge < -0.3 is 25.7 Å². The number of nitrogens with one attached hydrogen (secondary N) is 1. The van der Waals surface area contributed by atoms with E-state index in [-0.39, 0.29) is 29.8 Å². The Morgan fingerprint density at radius 1 is 1.03 bits per heavy atom. The maximum atomic E-state index is 12.4. The molecular weight excluding hydrogens is 384 g/mol. The number of piperidine rings is 1. The summed E-state index contributed by atoms with van der Waals surface area (Å²) in [7, 11) is 0. The van der Waals surface area contributed by atoms with E-state index < -0.39 is 24.1 Å². The van der Waals surface area contributed by atoms with Gasteiger partial charge in [-0.15, -0.1) is 0 Å². The predicted molar refractivity (Wildman–Crippen MR) is 98.5 cm³/mol. The van der Waals surface area contributed by atoms with E-state index in [1.165, 1.54) is 4.90 Å². The number of carboxylic acids is 2. The molecule has 10 heteroatoms. The lowest BCUT2D eigenvalue weighted by atomic mass is 9.93. The van der Waals surface area contributed by atoms with Crippen LogP contribution in [0.15, 0.2) is 30.3 Å². The molecule has 2 fully saturated rings. The van der Waals surface area contributed by atoms with Crippen LogP contribution in [0.2, 0.25) is 0 Å². The summed E-state index contributed by atoms with van der Waals surface area (Å²) in [6.07, 6.45) is -2.75. The van der Waals surface area contributed by atoms with E-state index in [4.69, 9.17) is 20.4 Å². The molecular formula is C19H24N2O8. The van der Waals surface area contributed by atoms with E-state index in [0.29, 0.717) is 0 Å². The van der Waals surface area contributed by atoms with Gasteiger partial charge in [0.1, 0.15) is 0 Å². The first-order valence-corrected chi connectivity index (χ1v) is 9.13. The van der Waals surface area contributed by atoms with E-state index >= 15 is 0 Å². The topological polar surface area (TPSA) is 164 Å². The Morgan fingerprint density at radius 2 is 1.59 bits per heavy atom. The number of hydrogen-bond acceptors (Lipinski definition) is 7. The molecule has 0 bridgehead atoms. The van der Waals surface area contributed by atoms with E-state index in [2.05, 4.69) is 5.32 Å². The van der Waals surface area contributed by atoms with Crippen LogP contribution in [0.25, 0.3) is 0 Å². The third kappa shape index (κ3) is 4.97. The van der Waals surface area contributed by atoms with Crippen molar-refractivity contribution < 1.29 is 39.6 Å². The monoisotopic (exact) mass is 408 g/mol. The number of aliphatic carboxylic acids is 2. The predicted octanol–water partition coefficient (Wildman–Crippen LogP) is -0.638. The average molecular weight is 408 g/mol. The van der Waals surface area contributed by atoms with E-state index in [1.54, 1.807) is 0 Å². The number of imide groups is 1. The molecule has 1 aromatic carbocycles. The fraction of sp³-hybridized carbons (Fsp3) is 0.474. The molecule has 0 spiro atoms. The Bertz CT molecular complexity index is 727. The van der Waals surface area contributed by atoms with Crippen LogP contribution >= 0.6 is 0 Å². The van der Waals surface area contributed by atoms with Gasteiger partial charge in [-0.3, -0.25) is 14.5 Å². The molecule has 5 atom stereocenters. The lowest BCUT2D eigenvalue weighted by Gasteiger charge is -2.23. The van der Waals surface area contributed by atoms with Gasteiger partial charge in [0.15, 0.2) is 12.2 Å². The van der Waals surface area contributed by atoms with Gasteiger partial charge in [0.05, 0.1) is 18.0 Å². The number of fused-ring (bicyclic) bond motifs is 1. The molecule has 2 saturated heterocycles. The van der Waals surface area contributed by atoms with Crippen LogP contribution in [0.1, 0.15) is 31.4 Å². The quantitative estimate of drug-likeness (QED) is 0.399. The van der Waals surface area contributed by atoms with Crippen LogP contribution in [0, 0.1) is 5.92 Å². The molecule has 3 rings (SSSR count). The summed E-state index contributed by atoms with van der Waals surface area (Å²) in [5.74, 6) is -3.78. The molecule has 0 aromatic heterocycles. The summed E-state index contributed by atoms with van der Waals surface area (Å²) in [5, 5.41) is 35.7. The van der Waals surface area contributed by atoms with Crippen molar-refractivity contribution in [3.05, 3.63) is 35.9 Å². The fourth-order valence-electron chi connectivity index (χ4n) is 3.38. The van der Waals surface area contributed by atoms with Gasteiger partial charge in [0.25, 0.3) is 0 Å². The number of carbonyl (C=O) groups excluding carboxylic acids is 2. The minimum atomic E-state index is -2.27. The minimum Gasteiger partial charge on any atom is -0.479 e. The molecule has 2 heterocycles. The summed E-state index contributed by atoms with van der Waals surface area (Å²) >= 11 is 0. The van der Waals surface area contributed by atoms with Crippen LogP contribution in [-0.4, -0.2) is 73.9 Å². The second kappa shape index (κ2) is 9.59. The number of benzene rings is 1. The Balaban J connectivity index is 0.000000257. The summed E-state index contributed by atoms with van der Waals surface area (Å²) in [4.78, 5) is 45.8. The number of aliphatic hydroxyl groups excluding tert-OH is 2. The molecule has 2 amide bonds. The molecule has 2 aliphatic rings. The summed E-state index contributed by atoms with van der Waals surface area (Å²) in [6, 6.07) is 9.23.